The molecule has 1 atom stereocenters. The number of aromatic carboxylic acids is 1. The summed E-state index contributed by atoms with van der Waals surface area (Å²) in [7, 11) is 0. The highest BCUT2D eigenvalue weighted by atomic mass is 16.5. The van der Waals surface area contributed by atoms with E-state index in [1.807, 2.05) is 30.3 Å². The number of carbonyl (C=O) groups is 1. The molecule has 2 aromatic rings. The highest BCUT2D eigenvalue weighted by molar-refractivity contribution is 6.07. The number of carboxylic acids is 1. The first-order valence-electron chi connectivity index (χ1n) is 6.85. The second kappa shape index (κ2) is 5.51. The van der Waals surface area contributed by atoms with E-state index in [2.05, 4.69) is 5.32 Å². The van der Waals surface area contributed by atoms with Crippen LogP contribution in [-0.2, 0) is 4.74 Å². The topological polar surface area (TPSA) is 58.6 Å². The standard InChI is InChI=1S/C16H17NO3/c18-16(19)14-7-8-15(13-6-2-1-5-12(13)14)17-11-4-3-9-20-10-11/h1-2,5-8,11,17H,3-4,9-10H2,(H,18,19). The average Bonchev–Trinajstić information content (AvgIpc) is 2.48. The van der Waals surface area contributed by atoms with Crippen molar-refractivity contribution < 1.29 is 14.6 Å². The minimum atomic E-state index is -0.895. The van der Waals surface area contributed by atoms with Crippen molar-refractivity contribution in [2.45, 2.75) is 18.9 Å². The lowest BCUT2D eigenvalue weighted by Crippen LogP contribution is -2.30. The number of rotatable bonds is 3. The van der Waals surface area contributed by atoms with Gasteiger partial charge in [-0.25, -0.2) is 4.79 Å². The van der Waals surface area contributed by atoms with E-state index in [1.54, 1.807) is 6.07 Å². The lowest BCUT2D eigenvalue weighted by atomic mass is 10.0. The van der Waals surface area contributed by atoms with Crippen LogP contribution in [0.4, 0.5) is 5.69 Å². The number of fused-ring (bicyclic) bond motifs is 1. The molecule has 20 heavy (non-hydrogen) atoms. The van der Waals surface area contributed by atoms with Crippen LogP contribution in [0.2, 0.25) is 0 Å². The van der Waals surface area contributed by atoms with Crippen molar-refractivity contribution in [2.24, 2.45) is 0 Å². The lowest BCUT2D eigenvalue weighted by molar-refractivity contribution is 0.0699. The van der Waals surface area contributed by atoms with Gasteiger partial charge in [0.2, 0.25) is 0 Å². The molecule has 0 saturated carbocycles. The molecule has 2 N–H and O–H groups in total. The van der Waals surface area contributed by atoms with Crippen molar-refractivity contribution in [1.29, 1.82) is 0 Å². The fraction of sp³-hybridized carbons (Fsp3) is 0.312. The molecule has 1 unspecified atom stereocenters. The maximum absolute atomic E-state index is 11.3. The zero-order valence-corrected chi connectivity index (χ0v) is 11.1. The van der Waals surface area contributed by atoms with E-state index >= 15 is 0 Å². The maximum Gasteiger partial charge on any atom is 0.336 e. The Morgan fingerprint density at radius 3 is 2.70 bits per heavy atom. The molecule has 0 amide bonds. The van der Waals surface area contributed by atoms with Crippen molar-refractivity contribution >= 4 is 22.4 Å². The third-order valence-corrected chi connectivity index (χ3v) is 3.67. The van der Waals surface area contributed by atoms with Crippen LogP contribution < -0.4 is 5.32 Å². The molecule has 104 valence electrons. The van der Waals surface area contributed by atoms with Crippen LogP contribution in [0.3, 0.4) is 0 Å². The van der Waals surface area contributed by atoms with E-state index in [4.69, 9.17) is 4.74 Å². The molecule has 1 aliphatic heterocycles. The SMILES string of the molecule is O=C(O)c1ccc(NC2CCCOC2)c2ccccc12. The Morgan fingerprint density at radius 1 is 1.20 bits per heavy atom. The van der Waals surface area contributed by atoms with Crippen LogP contribution >= 0.6 is 0 Å². The van der Waals surface area contributed by atoms with Gasteiger partial charge in [0.1, 0.15) is 0 Å². The van der Waals surface area contributed by atoms with Gasteiger partial charge in [0.15, 0.2) is 0 Å². The Balaban J connectivity index is 1.99. The maximum atomic E-state index is 11.3. The van der Waals surface area contributed by atoms with Crippen molar-refractivity contribution in [2.75, 3.05) is 18.5 Å². The molecule has 0 aromatic heterocycles. The number of hydrogen-bond donors (Lipinski definition) is 2. The number of carboxylic acid groups (broad SMARTS) is 1. The molecule has 1 aliphatic rings. The monoisotopic (exact) mass is 271 g/mol. The van der Waals surface area contributed by atoms with Gasteiger partial charge < -0.3 is 15.2 Å². The number of hydrogen-bond acceptors (Lipinski definition) is 3. The second-order valence-electron chi connectivity index (χ2n) is 5.07. The van der Waals surface area contributed by atoms with Gasteiger partial charge in [0.05, 0.1) is 12.2 Å². The second-order valence-corrected chi connectivity index (χ2v) is 5.07. The van der Waals surface area contributed by atoms with Gasteiger partial charge in [0, 0.05) is 23.7 Å². The summed E-state index contributed by atoms with van der Waals surface area (Å²) < 4.78 is 5.47. The summed E-state index contributed by atoms with van der Waals surface area (Å²) in [5, 5.41) is 14.4. The van der Waals surface area contributed by atoms with Crippen LogP contribution in [-0.4, -0.2) is 30.3 Å². The van der Waals surface area contributed by atoms with Crippen molar-refractivity contribution in [3.05, 3.63) is 42.0 Å². The molecule has 0 spiro atoms. The van der Waals surface area contributed by atoms with Crippen molar-refractivity contribution in [3.63, 3.8) is 0 Å². The van der Waals surface area contributed by atoms with Crippen LogP contribution in [0.5, 0.6) is 0 Å². The number of benzene rings is 2. The van der Waals surface area contributed by atoms with Gasteiger partial charge >= 0.3 is 5.97 Å². The molecular formula is C16H17NO3. The van der Waals surface area contributed by atoms with Gasteiger partial charge in [0.25, 0.3) is 0 Å². The molecule has 4 heteroatoms. The molecule has 1 fully saturated rings. The normalized spacial score (nSPS) is 18.9. The summed E-state index contributed by atoms with van der Waals surface area (Å²) in [5.41, 5.74) is 1.31. The van der Waals surface area contributed by atoms with Gasteiger partial charge in [-0.2, -0.15) is 0 Å². The average molecular weight is 271 g/mol. The van der Waals surface area contributed by atoms with Crippen molar-refractivity contribution in [3.8, 4) is 0 Å². The van der Waals surface area contributed by atoms with E-state index in [-0.39, 0.29) is 0 Å². The minimum absolute atomic E-state index is 0.294. The van der Waals surface area contributed by atoms with E-state index < -0.39 is 5.97 Å². The van der Waals surface area contributed by atoms with Crippen LogP contribution in [0.1, 0.15) is 23.2 Å². The Bertz CT molecular complexity index is 633. The van der Waals surface area contributed by atoms with Gasteiger partial charge in [-0.1, -0.05) is 24.3 Å². The third kappa shape index (κ3) is 2.47. The lowest BCUT2D eigenvalue weighted by Gasteiger charge is -2.25. The summed E-state index contributed by atoms with van der Waals surface area (Å²) in [6.45, 7) is 1.53. The molecule has 1 saturated heterocycles. The zero-order chi connectivity index (χ0) is 13.9. The summed E-state index contributed by atoms with van der Waals surface area (Å²) in [6.07, 6.45) is 2.14. The Labute approximate surface area is 117 Å². The summed E-state index contributed by atoms with van der Waals surface area (Å²) in [6, 6.07) is 11.4. The minimum Gasteiger partial charge on any atom is -0.478 e. The van der Waals surface area contributed by atoms with Gasteiger partial charge in [-0.3, -0.25) is 0 Å². The fourth-order valence-corrected chi connectivity index (χ4v) is 2.69. The molecule has 2 aromatic carbocycles. The quantitative estimate of drug-likeness (QED) is 0.900. The van der Waals surface area contributed by atoms with Crippen LogP contribution in [0, 0.1) is 0 Å². The predicted molar refractivity (Wildman–Crippen MR) is 78.4 cm³/mol. The number of nitrogens with one attached hydrogen (secondary N) is 1. The van der Waals surface area contributed by atoms with E-state index in [9.17, 15) is 9.90 Å². The molecule has 0 radical (unpaired) electrons. The van der Waals surface area contributed by atoms with E-state index in [1.165, 1.54) is 0 Å². The zero-order valence-electron chi connectivity index (χ0n) is 11.1. The summed E-state index contributed by atoms with van der Waals surface area (Å²) >= 11 is 0. The molecule has 3 rings (SSSR count). The molecular weight excluding hydrogens is 254 g/mol. The Morgan fingerprint density at radius 2 is 2.00 bits per heavy atom. The Kier molecular flexibility index (Phi) is 3.56. The first kappa shape index (κ1) is 12.9. The highest BCUT2D eigenvalue weighted by Gasteiger charge is 2.16. The third-order valence-electron chi connectivity index (χ3n) is 3.67. The van der Waals surface area contributed by atoms with Gasteiger partial charge in [-0.05, 0) is 30.4 Å². The number of anilines is 1. The summed E-state index contributed by atoms with van der Waals surface area (Å²) in [4.78, 5) is 11.3. The largest absolute Gasteiger partial charge is 0.478 e. The highest BCUT2D eigenvalue weighted by Crippen LogP contribution is 2.28. The van der Waals surface area contributed by atoms with Crippen molar-refractivity contribution in [1.82, 2.24) is 0 Å². The van der Waals surface area contributed by atoms with Crippen LogP contribution in [0.25, 0.3) is 10.8 Å². The van der Waals surface area contributed by atoms with E-state index in [0.29, 0.717) is 18.2 Å². The molecule has 4 nitrogen and oxygen atoms in total. The molecule has 0 aliphatic carbocycles. The summed E-state index contributed by atoms with van der Waals surface area (Å²) in [5.74, 6) is -0.895. The fourth-order valence-electron chi connectivity index (χ4n) is 2.69. The van der Waals surface area contributed by atoms with Crippen LogP contribution in [0.15, 0.2) is 36.4 Å². The first-order chi connectivity index (χ1) is 9.75. The van der Waals surface area contributed by atoms with Gasteiger partial charge in [-0.15, -0.1) is 0 Å². The Hall–Kier alpha value is -2.07. The molecule has 0 bridgehead atoms. The first-order valence-corrected chi connectivity index (χ1v) is 6.85. The van der Waals surface area contributed by atoms with E-state index in [0.717, 1.165) is 35.9 Å². The smallest absolute Gasteiger partial charge is 0.336 e. The number of ether oxygens (including phenoxy) is 1. The molecule has 1 heterocycles. The predicted octanol–water partition coefficient (Wildman–Crippen LogP) is 3.13.